The van der Waals surface area contributed by atoms with Crippen LogP contribution in [0.1, 0.15) is 30.5 Å². The lowest BCUT2D eigenvalue weighted by atomic mass is 9.93. The van der Waals surface area contributed by atoms with Crippen LogP contribution in [0.25, 0.3) is 0 Å². The van der Waals surface area contributed by atoms with E-state index in [0.29, 0.717) is 5.41 Å². The molecule has 0 radical (unpaired) electrons. The summed E-state index contributed by atoms with van der Waals surface area (Å²) in [6, 6.07) is 5.15. The monoisotopic (exact) mass is 352 g/mol. The normalized spacial score (nSPS) is 22.3. The SMILES string of the molecule is Cl.Cn1nccc1CN(Cc1ccsc1)C1CC12CCNCC2. The van der Waals surface area contributed by atoms with Crippen LogP contribution in [0.2, 0.25) is 0 Å². The van der Waals surface area contributed by atoms with Crippen molar-refractivity contribution in [1.29, 1.82) is 0 Å². The highest BCUT2D eigenvalue weighted by Crippen LogP contribution is 2.56. The van der Waals surface area contributed by atoms with Gasteiger partial charge in [-0.05, 0) is 66.2 Å². The van der Waals surface area contributed by atoms with Crippen LogP contribution in [0.15, 0.2) is 29.1 Å². The summed E-state index contributed by atoms with van der Waals surface area (Å²) in [4.78, 5) is 2.68. The molecule has 6 heteroatoms. The number of hydrogen-bond acceptors (Lipinski definition) is 4. The zero-order valence-corrected chi connectivity index (χ0v) is 15.2. The van der Waals surface area contributed by atoms with E-state index in [1.807, 2.05) is 17.9 Å². The molecule has 1 unspecified atom stereocenters. The zero-order valence-electron chi connectivity index (χ0n) is 13.6. The first-order valence-corrected chi connectivity index (χ1v) is 9.14. The maximum atomic E-state index is 4.33. The van der Waals surface area contributed by atoms with E-state index in [9.17, 15) is 0 Å². The first-order chi connectivity index (χ1) is 10.8. The van der Waals surface area contributed by atoms with Crippen LogP contribution in [0, 0.1) is 5.41 Å². The molecule has 2 aliphatic rings. The van der Waals surface area contributed by atoms with E-state index in [1.165, 1.54) is 43.6 Å². The molecule has 23 heavy (non-hydrogen) atoms. The summed E-state index contributed by atoms with van der Waals surface area (Å²) in [5, 5.41) is 12.3. The lowest BCUT2D eigenvalue weighted by Gasteiger charge is -2.29. The van der Waals surface area contributed by atoms with Gasteiger partial charge in [0.15, 0.2) is 0 Å². The van der Waals surface area contributed by atoms with Gasteiger partial charge in [0.1, 0.15) is 0 Å². The molecule has 126 valence electrons. The van der Waals surface area contributed by atoms with Gasteiger partial charge in [0.25, 0.3) is 0 Å². The van der Waals surface area contributed by atoms with E-state index in [2.05, 4.69) is 38.2 Å². The Balaban J connectivity index is 0.00000156. The average Bonchev–Trinajstić information content (AvgIpc) is 2.90. The highest BCUT2D eigenvalue weighted by atomic mass is 35.5. The molecule has 1 aliphatic heterocycles. The Labute approximate surface area is 148 Å². The maximum Gasteiger partial charge on any atom is 0.0521 e. The second-order valence-corrected chi connectivity index (χ2v) is 7.60. The summed E-state index contributed by atoms with van der Waals surface area (Å²) < 4.78 is 2.01. The van der Waals surface area contributed by atoms with Crippen molar-refractivity contribution in [2.45, 2.75) is 38.4 Å². The number of nitrogens with one attached hydrogen (secondary N) is 1. The summed E-state index contributed by atoms with van der Waals surface area (Å²) in [7, 11) is 2.05. The minimum atomic E-state index is 0. The van der Waals surface area contributed by atoms with Gasteiger partial charge in [0.2, 0.25) is 0 Å². The molecule has 1 saturated carbocycles. The van der Waals surface area contributed by atoms with Gasteiger partial charge in [0, 0.05) is 32.4 Å². The number of piperidine rings is 1. The van der Waals surface area contributed by atoms with Gasteiger partial charge in [-0.3, -0.25) is 9.58 Å². The van der Waals surface area contributed by atoms with Crippen LogP contribution in [-0.4, -0.2) is 33.8 Å². The number of halogens is 1. The summed E-state index contributed by atoms with van der Waals surface area (Å²) in [6.07, 6.45) is 5.95. The third-order valence-electron chi connectivity index (χ3n) is 5.44. The molecule has 4 nitrogen and oxygen atoms in total. The van der Waals surface area contributed by atoms with Crippen LogP contribution < -0.4 is 5.32 Å². The van der Waals surface area contributed by atoms with Gasteiger partial charge in [-0.1, -0.05) is 0 Å². The average molecular weight is 353 g/mol. The standard InChI is InChI=1S/C17H24N4S.ClH/c1-20-15(2-6-19-20)12-21(11-14-3-9-22-13-14)16-10-17(16)4-7-18-8-5-17;/h2-3,6,9,13,16,18H,4-5,7-8,10-12H2,1H3;1H. The van der Waals surface area contributed by atoms with E-state index in [0.717, 1.165) is 19.1 Å². The third kappa shape index (κ3) is 3.48. The fraction of sp³-hybridized carbons (Fsp3) is 0.588. The van der Waals surface area contributed by atoms with E-state index in [-0.39, 0.29) is 12.4 Å². The third-order valence-corrected chi connectivity index (χ3v) is 6.17. The first kappa shape index (κ1) is 17.0. The molecule has 4 rings (SSSR count). The van der Waals surface area contributed by atoms with Gasteiger partial charge >= 0.3 is 0 Å². The topological polar surface area (TPSA) is 33.1 Å². The van der Waals surface area contributed by atoms with Crippen LogP contribution in [0.3, 0.4) is 0 Å². The predicted molar refractivity (Wildman–Crippen MR) is 97.0 cm³/mol. The quantitative estimate of drug-likeness (QED) is 0.897. The van der Waals surface area contributed by atoms with Crippen molar-refractivity contribution in [1.82, 2.24) is 20.0 Å². The number of thiophene rings is 1. The molecule has 3 heterocycles. The van der Waals surface area contributed by atoms with Crippen LogP contribution in [0.4, 0.5) is 0 Å². The lowest BCUT2D eigenvalue weighted by Crippen LogP contribution is -2.36. The van der Waals surface area contributed by atoms with Crippen molar-refractivity contribution >= 4 is 23.7 Å². The maximum absolute atomic E-state index is 4.33. The minimum absolute atomic E-state index is 0. The molecule has 0 amide bonds. The molecule has 1 spiro atoms. The summed E-state index contributed by atoms with van der Waals surface area (Å²) in [5.41, 5.74) is 3.34. The minimum Gasteiger partial charge on any atom is -0.317 e. The Kier molecular flexibility index (Phi) is 5.11. The van der Waals surface area contributed by atoms with Crippen molar-refractivity contribution < 1.29 is 0 Å². The van der Waals surface area contributed by atoms with E-state index >= 15 is 0 Å². The van der Waals surface area contributed by atoms with E-state index in [4.69, 9.17) is 0 Å². The number of rotatable bonds is 5. The van der Waals surface area contributed by atoms with Crippen molar-refractivity contribution in [3.8, 4) is 0 Å². The van der Waals surface area contributed by atoms with Crippen LogP contribution in [0.5, 0.6) is 0 Å². The number of aromatic nitrogens is 2. The van der Waals surface area contributed by atoms with E-state index in [1.54, 1.807) is 11.3 Å². The van der Waals surface area contributed by atoms with Crippen LogP contribution >= 0.6 is 23.7 Å². The predicted octanol–water partition coefficient (Wildman–Crippen LogP) is 3.05. The Bertz CT molecular complexity index is 618. The lowest BCUT2D eigenvalue weighted by molar-refractivity contribution is 0.184. The molecular formula is C17H25ClN4S. The van der Waals surface area contributed by atoms with E-state index < -0.39 is 0 Å². The van der Waals surface area contributed by atoms with Gasteiger partial charge in [-0.15, -0.1) is 12.4 Å². The molecule has 1 saturated heterocycles. The molecule has 2 aromatic rings. The second-order valence-electron chi connectivity index (χ2n) is 6.82. The number of nitrogens with zero attached hydrogens (tertiary/aromatic N) is 3. The molecule has 1 aliphatic carbocycles. The fourth-order valence-corrected chi connectivity index (χ4v) is 4.62. The van der Waals surface area contributed by atoms with Crippen molar-refractivity contribution in [2.24, 2.45) is 12.5 Å². The van der Waals surface area contributed by atoms with Gasteiger partial charge in [-0.2, -0.15) is 16.4 Å². The summed E-state index contributed by atoms with van der Waals surface area (Å²) in [5.74, 6) is 0. The summed E-state index contributed by atoms with van der Waals surface area (Å²) >= 11 is 1.80. The van der Waals surface area contributed by atoms with Crippen molar-refractivity contribution in [3.05, 3.63) is 40.3 Å². The number of hydrogen-bond donors (Lipinski definition) is 1. The van der Waals surface area contributed by atoms with Gasteiger partial charge < -0.3 is 5.32 Å². The molecule has 2 fully saturated rings. The first-order valence-electron chi connectivity index (χ1n) is 8.20. The van der Waals surface area contributed by atoms with Gasteiger partial charge in [0.05, 0.1) is 5.69 Å². The van der Waals surface area contributed by atoms with Gasteiger partial charge in [-0.25, -0.2) is 0 Å². The highest BCUT2D eigenvalue weighted by molar-refractivity contribution is 7.07. The van der Waals surface area contributed by atoms with Crippen LogP contribution in [-0.2, 0) is 20.1 Å². The van der Waals surface area contributed by atoms with Crippen molar-refractivity contribution in [3.63, 3.8) is 0 Å². The molecule has 2 aromatic heterocycles. The molecule has 1 atom stereocenters. The zero-order chi connectivity index (χ0) is 15.0. The Morgan fingerprint density at radius 3 is 2.83 bits per heavy atom. The van der Waals surface area contributed by atoms with Crippen molar-refractivity contribution in [2.75, 3.05) is 13.1 Å². The summed E-state index contributed by atoms with van der Waals surface area (Å²) in [6.45, 7) is 4.45. The largest absolute Gasteiger partial charge is 0.317 e. The molecular weight excluding hydrogens is 328 g/mol. The highest BCUT2D eigenvalue weighted by Gasteiger charge is 2.56. The molecule has 0 bridgehead atoms. The Hall–Kier alpha value is -0.880. The molecule has 1 N–H and O–H groups in total. The Morgan fingerprint density at radius 2 is 2.17 bits per heavy atom. The Morgan fingerprint density at radius 1 is 1.35 bits per heavy atom. The fourth-order valence-electron chi connectivity index (χ4n) is 3.96. The molecule has 0 aromatic carbocycles. The second kappa shape index (κ2) is 6.93. The number of aryl methyl sites for hydroxylation is 1. The smallest absolute Gasteiger partial charge is 0.0521 e.